The molecule has 1 fully saturated rings. The van der Waals surface area contributed by atoms with Crippen LogP contribution in [-0.2, 0) is 4.79 Å². The first-order valence-corrected chi connectivity index (χ1v) is 7.64. The summed E-state index contributed by atoms with van der Waals surface area (Å²) in [7, 11) is 1.50. The van der Waals surface area contributed by atoms with Crippen molar-refractivity contribution in [2.24, 2.45) is 5.92 Å². The van der Waals surface area contributed by atoms with Crippen LogP contribution in [0, 0.1) is 5.92 Å². The van der Waals surface area contributed by atoms with Crippen LogP contribution in [0.4, 0.5) is 4.79 Å². The van der Waals surface area contributed by atoms with E-state index in [1.54, 1.807) is 18.2 Å². The number of amides is 2. The molecule has 0 unspecified atom stereocenters. The largest absolute Gasteiger partial charge is 0.493 e. The molecule has 2 rings (SSSR count). The van der Waals surface area contributed by atoms with Gasteiger partial charge in [0.1, 0.15) is 12.4 Å². The minimum atomic E-state index is -0.640. The fraction of sp³-hybridized carbons (Fsp3) is 0.294. The summed E-state index contributed by atoms with van der Waals surface area (Å²) in [5, 5.41) is 5.59. The lowest BCUT2D eigenvalue weighted by atomic mass is 9.86. The first-order valence-electron chi connectivity index (χ1n) is 7.27. The van der Waals surface area contributed by atoms with Crippen LogP contribution in [-0.4, -0.2) is 25.5 Å². The highest BCUT2D eigenvalue weighted by Crippen LogP contribution is 2.40. The van der Waals surface area contributed by atoms with Crippen molar-refractivity contribution in [3.8, 4) is 11.5 Å². The van der Waals surface area contributed by atoms with Gasteiger partial charge in [-0.2, -0.15) is 0 Å². The third-order valence-electron chi connectivity index (χ3n) is 3.68. The number of hydrogen-bond acceptors (Lipinski definition) is 4. The van der Waals surface area contributed by atoms with Gasteiger partial charge in [0.25, 0.3) is 0 Å². The van der Waals surface area contributed by atoms with Crippen LogP contribution < -0.4 is 20.1 Å². The molecule has 0 aromatic heterocycles. The zero-order valence-corrected chi connectivity index (χ0v) is 14.3. The van der Waals surface area contributed by atoms with Gasteiger partial charge in [-0.25, -0.2) is 4.79 Å². The zero-order chi connectivity index (χ0) is 17.9. The van der Waals surface area contributed by atoms with Gasteiger partial charge in [0.05, 0.1) is 19.1 Å². The normalized spacial score (nSPS) is 20.0. The maximum Gasteiger partial charge on any atom is 0.319 e. The molecule has 2 atom stereocenters. The average Bonchev–Trinajstić information content (AvgIpc) is 2.51. The third-order valence-corrected chi connectivity index (χ3v) is 4.01. The van der Waals surface area contributed by atoms with Gasteiger partial charge >= 0.3 is 6.03 Å². The van der Waals surface area contributed by atoms with Crippen molar-refractivity contribution in [1.82, 2.24) is 10.6 Å². The number of ether oxygens (including phenoxy) is 2. The van der Waals surface area contributed by atoms with Gasteiger partial charge in [-0.1, -0.05) is 30.8 Å². The predicted octanol–water partition coefficient (Wildman–Crippen LogP) is 2.99. The topological polar surface area (TPSA) is 76.7 Å². The van der Waals surface area contributed by atoms with Crippen LogP contribution in [0.3, 0.4) is 0 Å². The zero-order valence-electron chi connectivity index (χ0n) is 13.5. The Hall–Kier alpha value is -2.47. The van der Waals surface area contributed by atoms with E-state index in [2.05, 4.69) is 23.8 Å². The van der Waals surface area contributed by atoms with Crippen LogP contribution in [0.15, 0.2) is 37.1 Å². The summed E-state index contributed by atoms with van der Waals surface area (Å²) < 4.78 is 10.8. The molecule has 0 aliphatic carbocycles. The number of methoxy groups -OCH3 is 1. The van der Waals surface area contributed by atoms with Gasteiger partial charge in [0.2, 0.25) is 0 Å². The van der Waals surface area contributed by atoms with Crippen molar-refractivity contribution in [2.45, 2.75) is 13.0 Å². The molecule has 0 bridgehead atoms. The summed E-state index contributed by atoms with van der Waals surface area (Å²) >= 11 is 6.36. The summed E-state index contributed by atoms with van der Waals surface area (Å²) in [6.07, 6.45) is 1.60. The van der Waals surface area contributed by atoms with E-state index < -0.39 is 18.0 Å². The van der Waals surface area contributed by atoms with E-state index in [0.717, 1.165) is 0 Å². The Balaban J connectivity index is 2.48. The van der Waals surface area contributed by atoms with Gasteiger partial charge < -0.3 is 20.1 Å². The Kier molecular flexibility index (Phi) is 5.51. The molecule has 1 aromatic carbocycles. The number of carbonyl (C=O) groups excluding carboxylic acids is 2. The highest BCUT2D eigenvalue weighted by atomic mass is 35.5. The monoisotopic (exact) mass is 350 g/mol. The van der Waals surface area contributed by atoms with Crippen LogP contribution in [0.25, 0.3) is 0 Å². The number of carbonyl (C=O) groups is 2. The number of nitrogens with one attached hydrogen (secondary N) is 2. The molecule has 128 valence electrons. The highest BCUT2D eigenvalue weighted by Gasteiger charge is 2.37. The van der Waals surface area contributed by atoms with Crippen LogP contribution in [0.2, 0.25) is 5.02 Å². The number of halogens is 1. The van der Waals surface area contributed by atoms with Crippen molar-refractivity contribution in [3.05, 3.63) is 47.6 Å². The van der Waals surface area contributed by atoms with Crippen molar-refractivity contribution >= 4 is 23.4 Å². The molecule has 1 saturated heterocycles. The Labute approximate surface area is 145 Å². The molecule has 7 heteroatoms. The maximum absolute atomic E-state index is 12.0. The molecule has 1 aromatic rings. The van der Waals surface area contributed by atoms with Crippen molar-refractivity contribution in [1.29, 1.82) is 0 Å². The summed E-state index contributed by atoms with van der Waals surface area (Å²) in [6.45, 7) is 9.09. The van der Waals surface area contributed by atoms with Gasteiger partial charge in [0, 0.05) is 16.8 Å². The Morgan fingerprint density at radius 3 is 2.71 bits per heavy atom. The van der Waals surface area contributed by atoms with Gasteiger partial charge in [-0.15, -0.1) is 0 Å². The van der Waals surface area contributed by atoms with Gasteiger partial charge in [-0.05, 0) is 18.6 Å². The second-order valence-corrected chi connectivity index (χ2v) is 5.72. The maximum atomic E-state index is 12.0. The Morgan fingerprint density at radius 2 is 2.12 bits per heavy atom. The summed E-state index contributed by atoms with van der Waals surface area (Å²) in [6, 6.07) is 2.16. The molecule has 24 heavy (non-hydrogen) atoms. The summed E-state index contributed by atoms with van der Waals surface area (Å²) in [5.41, 5.74) is 0.883. The number of ketones is 1. The summed E-state index contributed by atoms with van der Waals surface area (Å²) in [4.78, 5) is 23.8. The van der Waals surface area contributed by atoms with E-state index in [4.69, 9.17) is 21.1 Å². The van der Waals surface area contributed by atoms with E-state index in [0.29, 0.717) is 34.4 Å². The van der Waals surface area contributed by atoms with Crippen molar-refractivity contribution in [2.75, 3.05) is 13.7 Å². The van der Waals surface area contributed by atoms with E-state index in [-0.39, 0.29) is 5.78 Å². The minimum absolute atomic E-state index is 0.139. The van der Waals surface area contributed by atoms with Crippen molar-refractivity contribution < 1.29 is 19.1 Å². The number of Topliss-reactive ketones (excluding diaryl/α,β-unsaturated/α-hetero) is 1. The fourth-order valence-corrected chi connectivity index (χ4v) is 2.90. The van der Waals surface area contributed by atoms with E-state index >= 15 is 0 Å². The van der Waals surface area contributed by atoms with Crippen molar-refractivity contribution in [3.63, 3.8) is 0 Å². The fourth-order valence-electron chi connectivity index (χ4n) is 2.63. The molecule has 2 amide bonds. The van der Waals surface area contributed by atoms with Crippen LogP contribution >= 0.6 is 11.6 Å². The molecule has 1 heterocycles. The van der Waals surface area contributed by atoms with Crippen LogP contribution in [0.5, 0.6) is 11.5 Å². The van der Waals surface area contributed by atoms with E-state index in [1.807, 2.05) is 0 Å². The van der Waals surface area contributed by atoms with E-state index in [9.17, 15) is 9.59 Å². The predicted molar refractivity (Wildman–Crippen MR) is 91.4 cm³/mol. The lowest BCUT2D eigenvalue weighted by Crippen LogP contribution is -2.50. The first-order chi connectivity index (χ1) is 11.4. The number of rotatable bonds is 6. The van der Waals surface area contributed by atoms with Crippen LogP contribution in [0.1, 0.15) is 18.5 Å². The first kappa shape index (κ1) is 17.9. The molecular weight excluding hydrogens is 332 g/mol. The third kappa shape index (κ3) is 3.54. The SMILES string of the molecule is C=CCOc1cc(Cl)c([C@@H]2NC(=O)NC(=C)[C@H]2C(C)=O)cc1OC. The highest BCUT2D eigenvalue weighted by molar-refractivity contribution is 6.31. The molecule has 6 nitrogen and oxygen atoms in total. The molecule has 0 radical (unpaired) electrons. The lowest BCUT2D eigenvalue weighted by Gasteiger charge is -2.34. The standard InChI is InChI=1S/C17H19ClN2O4/c1-5-6-24-14-8-12(18)11(7-13(14)23-4)16-15(10(3)21)9(2)19-17(22)20-16/h5,7-8,15-16H,1-2,6H2,3-4H3,(H2,19,20,22)/t15-,16-/m0/s1. The molecule has 1 aliphatic rings. The number of hydrogen-bond donors (Lipinski definition) is 2. The molecular formula is C17H19ClN2O4. The second-order valence-electron chi connectivity index (χ2n) is 5.31. The van der Waals surface area contributed by atoms with Gasteiger partial charge in [0.15, 0.2) is 11.5 Å². The smallest absolute Gasteiger partial charge is 0.319 e. The molecule has 2 N–H and O–H groups in total. The Morgan fingerprint density at radius 1 is 1.42 bits per heavy atom. The molecule has 0 spiro atoms. The van der Waals surface area contributed by atoms with Gasteiger partial charge in [-0.3, -0.25) is 4.79 Å². The number of benzene rings is 1. The quantitative estimate of drug-likeness (QED) is 0.773. The van der Waals surface area contributed by atoms with E-state index in [1.165, 1.54) is 14.0 Å². The Bertz CT molecular complexity index is 702. The number of urea groups is 1. The second kappa shape index (κ2) is 7.40. The lowest BCUT2D eigenvalue weighted by molar-refractivity contribution is -0.120. The molecule has 0 saturated carbocycles. The minimum Gasteiger partial charge on any atom is -0.493 e. The molecule has 1 aliphatic heterocycles. The average molecular weight is 351 g/mol. The summed E-state index contributed by atoms with van der Waals surface area (Å²) in [5.74, 6) is 0.117.